The van der Waals surface area contributed by atoms with E-state index in [1.165, 1.54) is 12.1 Å². The monoisotopic (exact) mass is 329 g/mol. The summed E-state index contributed by atoms with van der Waals surface area (Å²) in [6.45, 7) is 2.63. The van der Waals surface area contributed by atoms with Gasteiger partial charge in [0.15, 0.2) is 0 Å². The van der Waals surface area contributed by atoms with E-state index in [4.69, 9.17) is 16.2 Å². The fraction of sp³-hybridized carbons (Fsp3) is 0.353. The van der Waals surface area contributed by atoms with Crippen molar-refractivity contribution in [3.05, 3.63) is 29.6 Å². The molecular formula is C17H20FN5O. The number of nitrogen functional groups attached to an aromatic ring is 2. The largest absolute Gasteiger partial charge is 0.493 e. The van der Waals surface area contributed by atoms with Crippen LogP contribution in [0.1, 0.15) is 38.2 Å². The van der Waals surface area contributed by atoms with Crippen LogP contribution in [0.5, 0.6) is 5.75 Å². The molecular weight excluding hydrogens is 309 g/mol. The molecule has 2 rings (SSSR count). The molecule has 6 nitrogen and oxygen atoms in total. The molecule has 4 N–H and O–H groups in total. The third-order valence-electron chi connectivity index (χ3n) is 3.48. The first-order valence-corrected chi connectivity index (χ1v) is 7.82. The Hall–Kier alpha value is -2.88. The summed E-state index contributed by atoms with van der Waals surface area (Å²) >= 11 is 0. The molecule has 0 saturated heterocycles. The molecule has 0 spiro atoms. The van der Waals surface area contributed by atoms with Gasteiger partial charge in [-0.05, 0) is 18.6 Å². The van der Waals surface area contributed by atoms with E-state index in [1.54, 1.807) is 6.07 Å². The second-order valence-electron chi connectivity index (χ2n) is 5.39. The zero-order chi connectivity index (χ0) is 17.5. The van der Waals surface area contributed by atoms with Gasteiger partial charge in [-0.1, -0.05) is 26.2 Å². The van der Waals surface area contributed by atoms with Crippen molar-refractivity contribution < 1.29 is 9.13 Å². The summed E-state index contributed by atoms with van der Waals surface area (Å²) in [7, 11) is 0. The first kappa shape index (κ1) is 17.5. The molecule has 1 aromatic heterocycles. The smallest absolute Gasteiger partial charge is 0.222 e. The van der Waals surface area contributed by atoms with Gasteiger partial charge in [0, 0.05) is 11.6 Å². The molecule has 0 bridgehead atoms. The van der Waals surface area contributed by atoms with Crippen LogP contribution >= 0.6 is 0 Å². The predicted molar refractivity (Wildman–Crippen MR) is 90.6 cm³/mol. The quantitative estimate of drug-likeness (QED) is 0.754. The molecule has 0 atom stereocenters. The molecule has 24 heavy (non-hydrogen) atoms. The summed E-state index contributed by atoms with van der Waals surface area (Å²) in [5.41, 5.74) is 11.9. The standard InChI is InChI=1S/C17H20FN5O/c1-2-3-4-5-6-24-13-8-11(7-12(18)9-13)15-14(10-19)16(20)23-17(21)22-15/h7-9H,2-6H2,1H3,(H4,20,21,22,23). The highest BCUT2D eigenvalue weighted by Gasteiger charge is 2.15. The minimum Gasteiger partial charge on any atom is -0.493 e. The van der Waals surface area contributed by atoms with Crippen LogP contribution in [0.3, 0.4) is 0 Å². The molecule has 0 saturated carbocycles. The Bertz CT molecular complexity index is 757. The number of halogens is 1. The molecule has 0 aliphatic carbocycles. The average Bonchev–Trinajstić information content (AvgIpc) is 2.53. The lowest BCUT2D eigenvalue weighted by atomic mass is 10.1. The molecule has 0 unspecified atom stereocenters. The van der Waals surface area contributed by atoms with Crippen LogP contribution < -0.4 is 16.2 Å². The number of rotatable bonds is 7. The van der Waals surface area contributed by atoms with Crippen LogP contribution in [0, 0.1) is 17.1 Å². The van der Waals surface area contributed by atoms with E-state index in [2.05, 4.69) is 16.9 Å². The maximum absolute atomic E-state index is 13.9. The van der Waals surface area contributed by atoms with Gasteiger partial charge in [-0.3, -0.25) is 0 Å². The summed E-state index contributed by atoms with van der Waals surface area (Å²) < 4.78 is 19.5. The van der Waals surface area contributed by atoms with E-state index in [1.807, 2.05) is 6.07 Å². The van der Waals surface area contributed by atoms with Crippen molar-refractivity contribution in [3.63, 3.8) is 0 Å². The lowest BCUT2D eigenvalue weighted by Crippen LogP contribution is -2.05. The minimum absolute atomic E-state index is 0.0358. The van der Waals surface area contributed by atoms with E-state index in [0.29, 0.717) is 17.9 Å². The highest BCUT2D eigenvalue weighted by atomic mass is 19.1. The number of nitrogens with two attached hydrogens (primary N) is 2. The number of aromatic nitrogens is 2. The van der Waals surface area contributed by atoms with Gasteiger partial charge in [-0.2, -0.15) is 10.2 Å². The predicted octanol–water partition coefficient (Wildman–Crippen LogP) is 3.28. The lowest BCUT2D eigenvalue weighted by molar-refractivity contribution is 0.304. The molecule has 1 heterocycles. The molecule has 0 aliphatic rings. The molecule has 1 aromatic carbocycles. The summed E-state index contributed by atoms with van der Waals surface area (Å²) in [6.07, 6.45) is 4.24. The van der Waals surface area contributed by atoms with Crippen LogP contribution in [-0.2, 0) is 0 Å². The van der Waals surface area contributed by atoms with Crippen molar-refractivity contribution in [1.82, 2.24) is 9.97 Å². The zero-order valence-electron chi connectivity index (χ0n) is 13.6. The number of benzene rings is 1. The summed E-state index contributed by atoms with van der Waals surface area (Å²) in [5, 5.41) is 9.24. The van der Waals surface area contributed by atoms with E-state index in [0.717, 1.165) is 25.7 Å². The third kappa shape index (κ3) is 4.32. The number of ether oxygens (including phenoxy) is 1. The number of hydrogen-bond donors (Lipinski definition) is 2. The Morgan fingerprint density at radius 3 is 2.67 bits per heavy atom. The van der Waals surface area contributed by atoms with Crippen LogP contribution in [-0.4, -0.2) is 16.6 Å². The Kier molecular flexibility index (Phi) is 5.90. The SMILES string of the molecule is CCCCCCOc1cc(F)cc(-c2nc(N)nc(N)c2C#N)c1. The summed E-state index contributed by atoms with van der Waals surface area (Å²) in [5.74, 6) is -0.226. The van der Waals surface area contributed by atoms with Crippen LogP contribution in [0.25, 0.3) is 11.3 Å². The zero-order valence-corrected chi connectivity index (χ0v) is 13.6. The maximum atomic E-state index is 13.9. The second kappa shape index (κ2) is 8.11. The molecule has 7 heteroatoms. The molecule has 0 aliphatic heterocycles. The van der Waals surface area contributed by atoms with Gasteiger partial charge in [0.1, 0.15) is 29.0 Å². The van der Waals surface area contributed by atoms with Gasteiger partial charge in [-0.25, -0.2) is 9.37 Å². The van der Waals surface area contributed by atoms with E-state index < -0.39 is 5.82 Å². The Morgan fingerprint density at radius 1 is 1.17 bits per heavy atom. The topological polar surface area (TPSA) is 111 Å². The average molecular weight is 329 g/mol. The van der Waals surface area contributed by atoms with Crippen LogP contribution in [0.15, 0.2) is 18.2 Å². The van der Waals surface area contributed by atoms with E-state index >= 15 is 0 Å². The molecule has 2 aromatic rings. The third-order valence-corrected chi connectivity index (χ3v) is 3.48. The highest BCUT2D eigenvalue weighted by molar-refractivity contribution is 5.73. The first-order valence-electron chi connectivity index (χ1n) is 7.82. The van der Waals surface area contributed by atoms with Crippen molar-refractivity contribution >= 4 is 11.8 Å². The van der Waals surface area contributed by atoms with Crippen molar-refractivity contribution in [2.45, 2.75) is 32.6 Å². The van der Waals surface area contributed by atoms with Crippen molar-refractivity contribution in [2.24, 2.45) is 0 Å². The molecule has 0 fully saturated rings. The van der Waals surface area contributed by atoms with Gasteiger partial charge in [-0.15, -0.1) is 0 Å². The number of unbranched alkanes of at least 4 members (excludes halogenated alkanes) is 3. The lowest BCUT2D eigenvalue weighted by Gasteiger charge is -2.10. The van der Waals surface area contributed by atoms with Gasteiger partial charge >= 0.3 is 0 Å². The highest BCUT2D eigenvalue weighted by Crippen LogP contribution is 2.29. The van der Waals surface area contributed by atoms with Crippen LogP contribution in [0.2, 0.25) is 0 Å². The Labute approximate surface area is 140 Å². The van der Waals surface area contributed by atoms with E-state index in [9.17, 15) is 9.65 Å². The number of hydrogen-bond acceptors (Lipinski definition) is 6. The summed E-state index contributed by atoms with van der Waals surface area (Å²) in [4.78, 5) is 7.77. The number of nitriles is 1. The summed E-state index contributed by atoms with van der Waals surface area (Å²) in [6, 6.07) is 6.09. The number of nitrogens with zero attached hydrogens (tertiary/aromatic N) is 3. The minimum atomic E-state index is -0.490. The normalized spacial score (nSPS) is 10.4. The molecule has 126 valence electrons. The number of anilines is 2. The Morgan fingerprint density at radius 2 is 1.96 bits per heavy atom. The maximum Gasteiger partial charge on any atom is 0.222 e. The Balaban J connectivity index is 2.27. The van der Waals surface area contributed by atoms with Gasteiger partial charge in [0.05, 0.1) is 12.3 Å². The molecule has 0 amide bonds. The second-order valence-corrected chi connectivity index (χ2v) is 5.39. The molecule has 0 radical (unpaired) electrons. The van der Waals surface area contributed by atoms with Gasteiger partial charge in [0.25, 0.3) is 0 Å². The van der Waals surface area contributed by atoms with Crippen LogP contribution in [0.4, 0.5) is 16.2 Å². The van der Waals surface area contributed by atoms with Crippen molar-refractivity contribution in [1.29, 1.82) is 5.26 Å². The van der Waals surface area contributed by atoms with Crippen molar-refractivity contribution in [3.8, 4) is 23.1 Å². The van der Waals surface area contributed by atoms with Gasteiger partial charge in [0.2, 0.25) is 5.95 Å². The fourth-order valence-electron chi connectivity index (χ4n) is 2.32. The van der Waals surface area contributed by atoms with E-state index in [-0.39, 0.29) is 23.0 Å². The van der Waals surface area contributed by atoms with Crippen molar-refractivity contribution in [2.75, 3.05) is 18.1 Å². The fourth-order valence-corrected chi connectivity index (χ4v) is 2.32. The first-order chi connectivity index (χ1) is 11.5. The van der Waals surface area contributed by atoms with Gasteiger partial charge < -0.3 is 16.2 Å².